The summed E-state index contributed by atoms with van der Waals surface area (Å²) in [6, 6.07) is 8.72. The first-order chi connectivity index (χ1) is 12.5. The third kappa shape index (κ3) is 2.79. The van der Waals surface area contributed by atoms with E-state index in [9.17, 15) is 12.8 Å². The Morgan fingerprint density at radius 3 is 2.73 bits per heavy atom. The van der Waals surface area contributed by atoms with Gasteiger partial charge in [-0.3, -0.25) is 0 Å². The number of nitrogens with zero attached hydrogens (tertiary/aromatic N) is 4. The maximum absolute atomic E-state index is 13.1. The molecule has 0 radical (unpaired) electrons. The average Bonchev–Trinajstić information content (AvgIpc) is 3.27. The number of aromatic nitrogens is 3. The summed E-state index contributed by atoms with van der Waals surface area (Å²) in [6.07, 6.45) is 2.43. The highest BCUT2D eigenvalue weighted by Crippen LogP contribution is 2.32. The number of fused-ring (bicyclic) bond motifs is 1. The fourth-order valence-corrected chi connectivity index (χ4v) is 5.01. The van der Waals surface area contributed by atoms with Crippen LogP contribution in [-0.2, 0) is 16.6 Å². The predicted molar refractivity (Wildman–Crippen MR) is 95.7 cm³/mol. The molecule has 1 aliphatic heterocycles. The molecule has 1 saturated heterocycles. The summed E-state index contributed by atoms with van der Waals surface area (Å²) in [5.41, 5.74) is 1.65. The van der Waals surface area contributed by atoms with Gasteiger partial charge in [0, 0.05) is 31.7 Å². The van der Waals surface area contributed by atoms with Gasteiger partial charge in [-0.25, -0.2) is 22.8 Å². The van der Waals surface area contributed by atoms with E-state index in [1.54, 1.807) is 6.20 Å². The minimum atomic E-state index is -3.63. The van der Waals surface area contributed by atoms with Gasteiger partial charge < -0.3 is 4.57 Å². The van der Waals surface area contributed by atoms with Crippen LogP contribution in [0.4, 0.5) is 4.39 Å². The van der Waals surface area contributed by atoms with Crippen molar-refractivity contribution in [3.05, 3.63) is 54.2 Å². The largest absolute Gasteiger partial charge is 0.313 e. The molecule has 6 nitrogen and oxygen atoms in total. The molecule has 1 aromatic carbocycles. The molecule has 1 aliphatic rings. The van der Waals surface area contributed by atoms with E-state index in [0.717, 1.165) is 23.5 Å². The van der Waals surface area contributed by atoms with E-state index in [4.69, 9.17) is 4.98 Å². The smallest absolute Gasteiger partial charge is 0.243 e. The normalized spacial score (nSPS) is 18.6. The summed E-state index contributed by atoms with van der Waals surface area (Å²) < 4.78 is 42.2. The number of benzene rings is 1. The van der Waals surface area contributed by atoms with Gasteiger partial charge in [-0.2, -0.15) is 4.31 Å². The lowest BCUT2D eigenvalue weighted by Gasteiger charge is -2.17. The Morgan fingerprint density at radius 1 is 1.23 bits per heavy atom. The highest BCUT2D eigenvalue weighted by atomic mass is 32.2. The van der Waals surface area contributed by atoms with Crippen LogP contribution in [0.15, 0.2) is 47.5 Å². The first-order valence-corrected chi connectivity index (χ1v) is 10.0. The van der Waals surface area contributed by atoms with Crippen molar-refractivity contribution < 1.29 is 12.8 Å². The monoisotopic (exact) mass is 374 g/mol. The van der Waals surface area contributed by atoms with Crippen LogP contribution in [0.1, 0.15) is 25.1 Å². The summed E-state index contributed by atoms with van der Waals surface area (Å²) in [5.74, 6) is 0.435. The van der Waals surface area contributed by atoms with Crippen molar-refractivity contribution >= 4 is 21.2 Å². The summed E-state index contributed by atoms with van der Waals surface area (Å²) in [6.45, 7) is 3.54. The van der Waals surface area contributed by atoms with Gasteiger partial charge in [0.05, 0.1) is 4.90 Å². The number of rotatable bonds is 4. The van der Waals surface area contributed by atoms with Crippen LogP contribution < -0.4 is 0 Å². The fraction of sp³-hybridized carbons (Fsp3) is 0.333. The molecule has 4 rings (SSSR count). The van der Waals surface area contributed by atoms with Crippen molar-refractivity contribution in [2.24, 2.45) is 0 Å². The molecule has 26 heavy (non-hydrogen) atoms. The minimum Gasteiger partial charge on any atom is -0.313 e. The number of sulfonamides is 1. The third-order valence-corrected chi connectivity index (χ3v) is 6.70. The third-order valence-electron chi connectivity index (χ3n) is 4.82. The Bertz CT molecular complexity index is 1050. The second kappa shape index (κ2) is 6.44. The van der Waals surface area contributed by atoms with Crippen molar-refractivity contribution in [1.29, 1.82) is 0 Å². The molecule has 1 atom stereocenters. The Labute approximate surface area is 151 Å². The molecule has 8 heteroatoms. The fourth-order valence-electron chi connectivity index (χ4n) is 3.51. The zero-order valence-corrected chi connectivity index (χ0v) is 15.2. The minimum absolute atomic E-state index is 0.0133. The lowest BCUT2D eigenvalue weighted by atomic mass is 10.1. The van der Waals surface area contributed by atoms with E-state index in [2.05, 4.69) is 4.98 Å². The van der Waals surface area contributed by atoms with Gasteiger partial charge in [0.25, 0.3) is 0 Å². The summed E-state index contributed by atoms with van der Waals surface area (Å²) in [7, 11) is -3.63. The quantitative estimate of drug-likeness (QED) is 0.704. The van der Waals surface area contributed by atoms with E-state index in [1.807, 2.05) is 23.6 Å². The van der Waals surface area contributed by atoms with Crippen LogP contribution in [0.25, 0.3) is 11.2 Å². The Morgan fingerprint density at radius 2 is 2.00 bits per heavy atom. The molecule has 0 N–H and O–H groups in total. The molecule has 0 spiro atoms. The first-order valence-electron chi connectivity index (χ1n) is 8.57. The molecule has 0 aliphatic carbocycles. The van der Waals surface area contributed by atoms with E-state index in [0.29, 0.717) is 19.5 Å². The molecule has 2 aromatic heterocycles. The average molecular weight is 374 g/mol. The van der Waals surface area contributed by atoms with E-state index < -0.39 is 15.8 Å². The molecule has 3 heterocycles. The van der Waals surface area contributed by atoms with Crippen LogP contribution in [-0.4, -0.2) is 40.3 Å². The van der Waals surface area contributed by atoms with Gasteiger partial charge in [0.1, 0.15) is 17.2 Å². The molecule has 136 valence electrons. The Kier molecular flexibility index (Phi) is 4.24. The molecular formula is C18H19FN4O2S. The van der Waals surface area contributed by atoms with Crippen LogP contribution in [0.3, 0.4) is 0 Å². The van der Waals surface area contributed by atoms with Gasteiger partial charge >= 0.3 is 0 Å². The topological polar surface area (TPSA) is 68.1 Å². The molecule has 0 bridgehead atoms. The SMILES string of the molecule is CCn1c(C2CCN(S(=O)(=O)c3ccc(F)cc3)C2)nc2cccnc21. The highest BCUT2D eigenvalue weighted by molar-refractivity contribution is 7.89. The van der Waals surface area contributed by atoms with Crippen LogP contribution >= 0.6 is 0 Å². The van der Waals surface area contributed by atoms with E-state index >= 15 is 0 Å². The number of hydrogen-bond acceptors (Lipinski definition) is 4. The first kappa shape index (κ1) is 17.1. The number of pyridine rings is 1. The highest BCUT2D eigenvalue weighted by Gasteiger charge is 2.35. The number of hydrogen-bond donors (Lipinski definition) is 0. The molecule has 1 unspecified atom stereocenters. The summed E-state index contributed by atoms with van der Waals surface area (Å²) in [5, 5.41) is 0. The van der Waals surface area contributed by atoms with Crippen LogP contribution in [0, 0.1) is 5.82 Å². The standard InChI is InChI=1S/C18H19FN4O2S/c1-2-23-17(21-16-4-3-10-20-18(16)23)13-9-11-22(12-13)26(24,25)15-7-5-14(19)6-8-15/h3-8,10,13H,2,9,11-12H2,1H3. The van der Waals surface area contributed by atoms with Gasteiger partial charge in [-0.15, -0.1) is 0 Å². The number of aryl methyl sites for hydroxylation is 1. The molecule has 0 amide bonds. The maximum atomic E-state index is 13.1. The summed E-state index contributed by atoms with van der Waals surface area (Å²) >= 11 is 0. The molecular weight excluding hydrogens is 355 g/mol. The predicted octanol–water partition coefficient (Wildman–Crippen LogP) is 2.77. The van der Waals surface area contributed by atoms with E-state index in [-0.39, 0.29) is 10.8 Å². The maximum Gasteiger partial charge on any atom is 0.243 e. The zero-order valence-electron chi connectivity index (χ0n) is 14.3. The Balaban J connectivity index is 1.64. The van der Waals surface area contributed by atoms with Crippen molar-refractivity contribution in [3.8, 4) is 0 Å². The summed E-state index contributed by atoms with van der Waals surface area (Å²) in [4.78, 5) is 9.21. The van der Waals surface area contributed by atoms with E-state index in [1.165, 1.54) is 28.6 Å². The van der Waals surface area contributed by atoms with Gasteiger partial charge in [0.2, 0.25) is 10.0 Å². The lowest BCUT2D eigenvalue weighted by molar-refractivity contribution is 0.469. The second-order valence-corrected chi connectivity index (χ2v) is 8.30. The molecule has 0 saturated carbocycles. The molecule has 3 aromatic rings. The second-order valence-electron chi connectivity index (χ2n) is 6.36. The van der Waals surface area contributed by atoms with Gasteiger partial charge in [-0.05, 0) is 49.7 Å². The van der Waals surface area contributed by atoms with Crippen molar-refractivity contribution in [3.63, 3.8) is 0 Å². The van der Waals surface area contributed by atoms with Crippen LogP contribution in [0.2, 0.25) is 0 Å². The van der Waals surface area contributed by atoms with Crippen molar-refractivity contribution in [2.75, 3.05) is 13.1 Å². The van der Waals surface area contributed by atoms with Crippen LogP contribution in [0.5, 0.6) is 0 Å². The Hall–Kier alpha value is -2.32. The number of halogens is 1. The van der Waals surface area contributed by atoms with Crippen molar-refractivity contribution in [1.82, 2.24) is 18.8 Å². The van der Waals surface area contributed by atoms with Gasteiger partial charge in [-0.1, -0.05) is 0 Å². The van der Waals surface area contributed by atoms with Crippen molar-refractivity contribution in [2.45, 2.75) is 30.7 Å². The van der Waals surface area contributed by atoms with Gasteiger partial charge in [0.15, 0.2) is 5.65 Å². The zero-order chi connectivity index (χ0) is 18.3. The lowest BCUT2D eigenvalue weighted by Crippen LogP contribution is -2.29. The number of imidazole rings is 1. The molecule has 1 fully saturated rings.